The molecular formula is C11H17N3O. The molecule has 1 aromatic heterocycles. The minimum atomic E-state index is 0.140. The van der Waals surface area contributed by atoms with Gasteiger partial charge in [0, 0.05) is 25.2 Å². The van der Waals surface area contributed by atoms with E-state index in [4.69, 9.17) is 4.74 Å². The molecule has 1 aromatic rings. The largest absolute Gasteiger partial charge is 0.496 e. The molecular weight excluding hydrogens is 190 g/mol. The number of aromatic nitrogens is 2. The lowest BCUT2D eigenvalue weighted by molar-refractivity contribution is 0.218. The molecule has 4 heteroatoms. The zero-order chi connectivity index (χ0) is 10.8. The Bertz CT molecular complexity index is 381. The highest BCUT2D eigenvalue weighted by atomic mass is 16.5. The molecule has 2 rings (SSSR count). The zero-order valence-corrected chi connectivity index (χ0v) is 9.45. The molecule has 2 heterocycles. The van der Waals surface area contributed by atoms with Gasteiger partial charge in [0.2, 0.25) is 0 Å². The van der Waals surface area contributed by atoms with Crippen LogP contribution in [0.4, 0.5) is 0 Å². The smallest absolute Gasteiger partial charge is 0.114 e. The number of aryl methyl sites for hydroxylation is 2. The fourth-order valence-corrected chi connectivity index (χ4v) is 1.99. The topological polar surface area (TPSA) is 39.1 Å². The van der Waals surface area contributed by atoms with Crippen molar-refractivity contribution in [2.45, 2.75) is 19.4 Å². The van der Waals surface area contributed by atoms with E-state index in [2.05, 4.69) is 16.5 Å². The number of nitrogens with one attached hydrogen (secondary N) is 1. The first kappa shape index (κ1) is 10.2. The van der Waals surface area contributed by atoms with Crippen molar-refractivity contribution < 1.29 is 4.74 Å². The molecule has 0 spiro atoms. The summed E-state index contributed by atoms with van der Waals surface area (Å²) >= 11 is 0. The van der Waals surface area contributed by atoms with E-state index in [-0.39, 0.29) is 6.04 Å². The van der Waals surface area contributed by atoms with Crippen LogP contribution in [0.25, 0.3) is 0 Å². The van der Waals surface area contributed by atoms with Crippen LogP contribution in [0, 0.1) is 6.92 Å². The summed E-state index contributed by atoms with van der Waals surface area (Å²) in [6.45, 7) is 2.82. The Morgan fingerprint density at radius 3 is 2.87 bits per heavy atom. The third kappa shape index (κ3) is 1.90. The van der Waals surface area contributed by atoms with Crippen molar-refractivity contribution in [2.75, 3.05) is 13.7 Å². The van der Waals surface area contributed by atoms with Gasteiger partial charge in [0.05, 0.1) is 18.3 Å². The highest BCUT2D eigenvalue weighted by molar-refractivity contribution is 5.27. The van der Waals surface area contributed by atoms with E-state index < -0.39 is 0 Å². The summed E-state index contributed by atoms with van der Waals surface area (Å²) in [7, 11) is 3.88. The predicted octanol–water partition coefficient (Wildman–Crippen LogP) is 1.29. The molecule has 0 aromatic carbocycles. The molecule has 0 radical (unpaired) electrons. The van der Waals surface area contributed by atoms with Crippen LogP contribution in [0.1, 0.15) is 23.7 Å². The molecule has 1 aliphatic rings. The van der Waals surface area contributed by atoms with Gasteiger partial charge in [-0.2, -0.15) is 5.10 Å². The molecule has 0 fully saturated rings. The van der Waals surface area contributed by atoms with E-state index in [0.29, 0.717) is 0 Å². The third-order valence-electron chi connectivity index (χ3n) is 2.67. The lowest BCUT2D eigenvalue weighted by Crippen LogP contribution is -2.19. The van der Waals surface area contributed by atoms with Gasteiger partial charge in [-0.15, -0.1) is 0 Å². The van der Waals surface area contributed by atoms with Crippen molar-refractivity contribution in [1.29, 1.82) is 0 Å². The average Bonchev–Trinajstić information content (AvgIpc) is 2.79. The normalized spacial score (nSPS) is 17.4. The Kier molecular flexibility index (Phi) is 2.77. The highest BCUT2D eigenvalue weighted by Gasteiger charge is 2.22. The summed E-state index contributed by atoms with van der Waals surface area (Å²) in [4.78, 5) is 0. The first-order valence-corrected chi connectivity index (χ1v) is 5.22. The lowest BCUT2D eigenvalue weighted by Gasteiger charge is -2.16. The molecule has 0 aliphatic carbocycles. The molecule has 15 heavy (non-hydrogen) atoms. The van der Waals surface area contributed by atoms with Gasteiger partial charge in [-0.1, -0.05) is 0 Å². The van der Waals surface area contributed by atoms with E-state index in [1.54, 1.807) is 0 Å². The van der Waals surface area contributed by atoms with E-state index in [1.165, 1.54) is 5.56 Å². The molecule has 82 valence electrons. The molecule has 1 aliphatic heterocycles. The standard InChI is InChI=1S/C11H17N3O/c1-8-9(7-14(3)13-8)11(12-2)10-5-4-6-15-10/h5,7,11-12H,4,6H2,1-3H3. The van der Waals surface area contributed by atoms with Crippen molar-refractivity contribution in [1.82, 2.24) is 15.1 Å². The minimum absolute atomic E-state index is 0.140. The molecule has 1 unspecified atom stereocenters. The second kappa shape index (κ2) is 4.06. The Labute approximate surface area is 89.9 Å². The molecule has 0 amide bonds. The summed E-state index contributed by atoms with van der Waals surface area (Å²) < 4.78 is 7.42. The van der Waals surface area contributed by atoms with Crippen molar-refractivity contribution in [3.05, 3.63) is 29.3 Å². The maximum absolute atomic E-state index is 5.59. The molecule has 4 nitrogen and oxygen atoms in total. The van der Waals surface area contributed by atoms with E-state index in [0.717, 1.165) is 24.5 Å². The third-order valence-corrected chi connectivity index (χ3v) is 2.67. The summed E-state index contributed by atoms with van der Waals surface area (Å²) in [5.74, 6) is 1.02. The Morgan fingerprint density at radius 2 is 2.40 bits per heavy atom. The van der Waals surface area contributed by atoms with Gasteiger partial charge in [-0.3, -0.25) is 4.68 Å². The van der Waals surface area contributed by atoms with Gasteiger partial charge in [-0.25, -0.2) is 0 Å². The molecule has 0 saturated carbocycles. The number of nitrogens with zero attached hydrogens (tertiary/aromatic N) is 2. The van der Waals surface area contributed by atoms with Crippen molar-refractivity contribution in [2.24, 2.45) is 7.05 Å². The quantitative estimate of drug-likeness (QED) is 0.812. The van der Waals surface area contributed by atoms with Crippen molar-refractivity contribution in [3.63, 3.8) is 0 Å². The van der Waals surface area contributed by atoms with Crippen LogP contribution in [-0.2, 0) is 11.8 Å². The van der Waals surface area contributed by atoms with Crippen LogP contribution in [-0.4, -0.2) is 23.4 Å². The van der Waals surface area contributed by atoms with Gasteiger partial charge >= 0.3 is 0 Å². The summed E-state index contributed by atoms with van der Waals surface area (Å²) in [5.41, 5.74) is 2.24. The fraction of sp³-hybridized carbons (Fsp3) is 0.545. The molecule has 1 atom stereocenters. The van der Waals surface area contributed by atoms with Gasteiger partial charge in [0.1, 0.15) is 5.76 Å². The van der Waals surface area contributed by atoms with Gasteiger partial charge < -0.3 is 10.1 Å². The first-order chi connectivity index (χ1) is 7.22. The van der Waals surface area contributed by atoms with Crippen LogP contribution >= 0.6 is 0 Å². The molecule has 0 bridgehead atoms. The number of hydrogen-bond donors (Lipinski definition) is 1. The number of hydrogen-bond acceptors (Lipinski definition) is 3. The Balaban J connectivity index is 2.29. The monoisotopic (exact) mass is 207 g/mol. The van der Waals surface area contributed by atoms with Crippen LogP contribution in [0.5, 0.6) is 0 Å². The number of rotatable bonds is 3. The van der Waals surface area contributed by atoms with Crippen LogP contribution in [0.2, 0.25) is 0 Å². The summed E-state index contributed by atoms with van der Waals surface area (Å²) in [6.07, 6.45) is 5.19. The zero-order valence-electron chi connectivity index (χ0n) is 9.45. The van der Waals surface area contributed by atoms with Crippen molar-refractivity contribution in [3.8, 4) is 0 Å². The lowest BCUT2D eigenvalue weighted by atomic mass is 10.1. The number of likely N-dealkylation sites (N-methyl/N-ethyl adjacent to an activating group) is 1. The van der Waals surface area contributed by atoms with E-state index in [9.17, 15) is 0 Å². The van der Waals surface area contributed by atoms with E-state index in [1.807, 2.05) is 31.9 Å². The average molecular weight is 207 g/mol. The maximum Gasteiger partial charge on any atom is 0.114 e. The van der Waals surface area contributed by atoms with Crippen LogP contribution in [0.3, 0.4) is 0 Å². The summed E-state index contributed by atoms with van der Waals surface area (Å²) in [6, 6.07) is 0.140. The second-order valence-corrected chi connectivity index (χ2v) is 3.81. The summed E-state index contributed by atoms with van der Waals surface area (Å²) in [5, 5.41) is 7.61. The Hall–Kier alpha value is -1.29. The van der Waals surface area contributed by atoms with Gasteiger partial charge in [-0.05, 0) is 20.0 Å². The van der Waals surface area contributed by atoms with Crippen LogP contribution < -0.4 is 5.32 Å². The number of ether oxygens (including phenoxy) is 1. The molecule has 1 N–H and O–H groups in total. The highest BCUT2D eigenvalue weighted by Crippen LogP contribution is 2.27. The van der Waals surface area contributed by atoms with Gasteiger partial charge in [0.25, 0.3) is 0 Å². The SMILES string of the molecule is CNC(C1=CCCO1)c1cn(C)nc1C. The predicted molar refractivity (Wildman–Crippen MR) is 58.4 cm³/mol. The van der Waals surface area contributed by atoms with Crippen molar-refractivity contribution >= 4 is 0 Å². The Morgan fingerprint density at radius 1 is 1.60 bits per heavy atom. The van der Waals surface area contributed by atoms with Crippen LogP contribution in [0.15, 0.2) is 18.0 Å². The second-order valence-electron chi connectivity index (χ2n) is 3.81. The van der Waals surface area contributed by atoms with Gasteiger partial charge in [0.15, 0.2) is 0 Å². The fourth-order valence-electron chi connectivity index (χ4n) is 1.99. The maximum atomic E-state index is 5.59. The van der Waals surface area contributed by atoms with E-state index >= 15 is 0 Å². The first-order valence-electron chi connectivity index (χ1n) is 5.22. The molecule has 0 saturated heterocycles. The minimum Gasteiger partial charge on any atom is -0.496 e.